The van der Waals surface area contributed by atoms with E-state index in [2.05, 4.69) is 44.5 Å². The van der Waals surface area contributed by atoms with Crippen LogP contribution in [0.15, 0.2) is 55.0 Å². The van der Waals surface area contributed by atoms with Gasteiger partial charge in [0.15, 0.2) is 5.82 Å². The van der Waals surface area contributed by atoms with E-state index in [1.54, 1.807) is 23.5 Å². The molecule has 5 rings (SSSR count). The van der Waals surface area contributed by atoms with Gasteiger partial charge in [-0.1, -0.05) is 41.9 Å². The maximum Gasteiger partial charge on any atom is 0.229 e. The Bertz CT molecular complexity index is 1110. The van der Waals surface area contributed by atoms with Crippen LogP contribution in [-0.4, -0.2) is 40.5 Å². The van der Waals surface area contributed by atoms with Crippen LogP contribution >= 0.6 is 11.6 Å². The fourth-order valence-corrected chi connectivity index (χ4v) is 4.71. The van der Waals surface area contributed by atoms with Gasteiger partial charge in [-0.2, -0.15) is 4.98 Å². The van der Waals surface area contributed by atoms with Crippen LogP contribution in [0.2, 0.25) is 5.02 Å². The minimum atomic E-state index is 0.132. The van der Waals surface area contributed by atoms with E-state index in [0.29, 0.717) is 23.3 Å². The average molecular weight is 449 g/mol. The molecule has 0 saturated carbocycles. The molecule has 2 aliphatic rings. The molecule has 164 valence electrons. The highest BCUT2D eigenvalue weighted by molar-refractivity contribution is 6.32. The van der Waals surface area contributed by atoms with E-state index in [4.69, 9.17) is 16.6 Å². The third-order valence-electron chi connectivity index (χ3n) is 6.08. The normalized spacial score (nSPS) is 18.8. The molecule has 1 N–H and O–H groups in total. The molecule has 0 unspecified atom stereocenters. The smallest absolute Gasteiger partial charge is 0.229 e. The number of benzene rings is 1. The average Bonchev–Trinajstić information content (AvgIpc) is 3.27. The third-order valence-corrected chi connectivity index (χ3v) is 6.35. The summed E-state index contributed by atoms with van der Waals surface area (Å²) in [4.78, 5) is 29.4. The summed E-state index contributed by atoms with van der Waals surface area (Å²) in [7, 11) is 0. The molecule has 0 radical (unpaired) electrons. The quantitative estimate of drug-likeness (QED) is 0.605. The molecule has 32 heavy (non-hydrogen) atoms. The van der Waals surface area contributed by atoms with Gasteiger partial charge in [-0.15, -0.1) is 0 Å². The SMILES string of the molecule is O=C1CCCN1c1cncc(Nc2ncc(Cl)c(N3CCC[C@@H](c4ccccc4)C3)n2)c1. The highest BCUT2D eigenvalue weighted by Crippen LogP contribution is 2.33. The first-order valence-corrected chi connectivity index (χ1v) is 11.4. The molecule has 0 aliphatic carbocycles. The second kappa shape index (κ2) is 9.12. The predicted octanol–water partition coefficient (Wildman–Crippen LogP) is 4.78. The lowest BCUT2D eigenvalue weighted by atomic mass is 9.91. The first kappa shape index (κ1) is 20.7. The van der Waals surface area contributed by atoms with Gasteiger partial charge in [0.1, 0.15) is 5.02 Å². The standard InChI is InChI=1S/C24H25ClN6O/c25-21-15-27-24(28-19-12-20(14-26-13-19)31-11-5-9-22(31)32)29-23(21)30-10-4-8-18(16-30)17-6-2-1-3-7-17/h1-3,6-7,12-15,18H,4-5,8-11,16H2,(H,27,28,29)/t18-/m1/s1. The number of hydrogen-bond acceptors (Lipinski definition) is 6. The van der Waals surface area contributed by atoms with Crippen molar-refractivity contribution in [2.24, 2.45) is 0 Å². The highest BCUT2D eigenvalue weighted by Gasteiger charge is 2.25. The fraction of sp³-hybridized carbons (Fsp3) is 0.333. The summed E-state index contributed by atoms with van der Waals surface area (Å²) in [6, 6.07) is 12.5. The van der Waals surface area contributed by atoms with Crippen molar-refractivity contribution in [3.8, 4) is 0 Å². The lowest BCUT2D eigenvalue weighted by Crippen LogP contribution is -2.35. The first-order chi connectivity index (χ1) is 15.7. The summed E-state index contributed by atoms with van der Waals surface area (Å²) in [5.41, 5.74) is 2.87. The van der Waals surface area contributed by atoms with Gasteiger partial charge in [-0.3, -0.25) is 9.78 Å². The Hall–Kier alpha value is -3.19. The Morgan fingerprint density at radius 1 is 1.06 bits per heavy atom. The second-order valence-electron chi connectivity index (χ2n) is 8.27. The van der Waals surface area contributed by atoms with Crippen LogP contribution in [0, 0.1) is 0 Å². The molecular formula is C24H25ClN6O. The van der Waals surface area contributed by atoms with Crippen LogP contribution in [0.5, 0.6) is 0 Å². The molecule has 8 heteroatoms. The number of nitrogens with one attached hydrogen (secondary N) is 1. The minimum Gasteiger partial charge on any atom is -0.355 e. The van der Waals surface area contributed by atoms with Crippen LogP contribution in [0.25, 0.3) is 0 Å². The fourth-order valence-electron chi connectivity index (χ4n) is 4.50. The molecule has 4 heterocycles. The van der Waals surface area contributed by atoms with Gasteiger partial charge in [-0.05, 0) is 30.9 Å². The maximum absolute atomic E-state index is 12.1. The lowest BCUT2D eigenvalue weighted by Gasteiger charge is -2.34. The van der Waals surface area contributed by atoms with Gasteiger partial charge in [0.2, 0.25) is 11.9 Å². The Morgan fingerprint density at radius 2 is 1.94 bits per heavy atom. The van der Waals surface area contributed by atoms with Crippen molar-refractivity contribution in [2.75, 3.05) is 34.8 Å². The number of pyridine rings is 1. The summed E-state index contributed by atoms with van der Waals surface area (Å²) >= 11 is 6.50. The second-order valence-corrected chi connectivity index (χ2v) is 8.67. The largest absolute Gasteiger partial charge is 0.355 e. The number of piperidine rings is 1. The van der Waals surface area contributed by atoms with Crippen LogP contribution in [0.1, 0.15) is 37.2 Å². The van der Waals surface area contributed by atoms with Crippen LogP contribution in [0.3, 0.4) is 0 Å². The summed E-state index contributed by atoms with van der Waals surface area (Å²) < 4.78 is 0. The predicted molar refractivity (Wildman–Crippen MR) is 127 cm³/mol. The number of carbonyl (C=O) groups excluding carboxylic acids is 1. The highest BCUT2D eigenvalue weighted by atomic mass is 35.5. The van der Waals surface area contributed by atoms with Crippen molar-refractivity contribution in [3.05, 3.63) is 65.6 Å². The Kier molecular flexibility index (Phi) is 5.90. The Balaban J connectivity index is 1.35. The Labute approximate surface area is 192 Å². The van der Waals surface area contributed by atoms with E-state index >= 15 is 0 Å². The van der Waals surface area contributed by atoms with Gasteiger partial charge < -0.3 is 15.1 Å². The monoisotopic (exact) mass is 448 g/mol. The van der Waals surface area contributed by atoms with Gasteiger partial charge in [0.05, 0.1) is 30.0 Å². The molecule has 2 saturated heterocycles. The molecule has 1 atom stereocenters. The molecule has 3 aromatic rings. The molecule has 0 spiro atoms. The molecule has 7 nitrogen and oxygen atoms in total. The third kappa shape index (κ3) is 4.39. The lowest BCUT2D eigenvalue weighted by molar-refractivity contribution is -0.117. The minimum absolute atomic E-state index is 0.132. The number of hydrogen-bond donors (Lipinski definition) is 1. The zero-order chi connectivity index (χ0) is 21.9. The molecular weight excluding hydrogens is 424 g/mol. The number of rotatable bonds is 5. The van der Waals surface area contributed by atoms with Gasteiger partial charge >= 0.3 is 0 Å². The van der Waals surface area contributed by atoms with E-state index in [-0.39, 0.29) is 5.91 Å². The van der Waals surface area contributed by atoms with Crippen LogP contribution in [-0.2, 0) is 4.79 Å². The first-order valence-electron chi connectivity index (χ1n) is 11.0. The van der Waals surface area contributed by atoms with Gasteiger partial charge in [0, 0.05) is 32.0 Å². The number of amides is 1. The topological polar surface area (TPSA) is 74.2 Å². The van der Waals surface area contributed by atoms with Crippen molar-refractivity contribution < 1.29 is 4.79 Å². The molecule has 2 aliphatic heterocycles. The number of nitrogens with zero attached hydrogens (tertiary/aromatic N) is 5. The van der Waals surface area contributed by atoms with E-state index in [1.165, 1.54) is 5.56 Å². The van der Waals surface area contributed by atoms with Crippen molar-refractivity contribution >= 4 is 40.6 Å². The van der Waals surface area contributed by atoms with E-state index in [1.807, 2.05) is 12.1 Å². The number of carbonyl (C=O) groups is 1. The summed E-state index contributed by atoms with van der Waals surface area (Å²) in [6.07, 6.45) is 8.75. The van der Waals surface area contributed by atoms with Crippen molar-refractivity contribution in [3.63, 3.8) is 0 Å². The number of halogens is 1. The van der Waals surface area contributed by atoms with Crippen LogP contribution in [0.4, 0.5) is 23.1 Å². The molecule has 2 aromatic heterocycles. The summed E-state index contributed by atoms with van der Waals surface area (Å²) in [5.74, 6) is 1.78. The number of anilines is 4. The molecule has 1 amide bonds. The van der Waals surface area contributed by atoms with E-state index in [0.717, 1.165) is 56.1 Å². The number of aromatic nitrogens is 3. The molecule has 1 aromatic carbocycles. The van der Waals surface area contributed by atoms with Gasteiger partial charge in [0.25, 0.3) is 0 Å². The van der Waals surface area contributed by atoms with Crippen LogP contribution < -0.4 is 15.1 Å². The maximum atomic E-state index is 12.1. The van der Waals surface area contributed by atoms with Crippen molar-refractivity contribution in [1.29, 1.82) is 0 Å². The summed E-state index contributed by atoms with van der Waals surface area (Å²) in [5, 5.41) is 3.76. The molecule has 2 fully saturated rings. The van der Waals surface area contributed by atoms with E-state index in [9.17, 15) is 4.79 Å². The zero-order valence-corrected chi connectivity index (χ0v) is 18.5. The van der Waals surface area contributed by atoms with E-state index < -0.39 is 0 Å². The van der Waals surface area contributed by atoms with Crippen molar-refractivity contribution in [2.45, 2.75) is 31.6 Å². The zero-order valence-electron chi connectivity index (χ0n) is 17.7. The van der Waals surface area contributed by atoms with Gasteiger partial charge in [-0.25, -0.2) is 4.98 Å². The van der Waals surface area contributed by atoms with Crippen molar-refractivity contribution in [1.82, 2.24) is 15.0 Å². The Morgan fingerprint density at radius 3 is 2.75 bits per heavy atom. The molecule has 0 bridgehead atoms. The summed E-state index contributed by atoms with van der Waals surface area (Å²) in [6.45, 7) is 2.50.